The molecule has 2 amide bonds. The maximum absolute atomic E-state index is 13.6. The lowest BCUT2D eigenvalue weighted by Gasteiger charge is -2.09. The quantitative estimate of drug-likeness (QED) is 0.638. The third kappa shape index (κ3) is 4.28. The van der Waals surface area contributed by atoms with E-state index in [2.05, 4.69) is 10.6 Å². The smallest absolute Gasteiger partial charge is 0.311 e. The van der Waals surface area contributed by atoms with Gasteiger partial charge in [-0.25, -0.2) is 4.39 Å². The van der Waals surface area contributed by atoms with E-state index >= 15 is 0 Å². The standard InChI is InChI=1S/C16H14FN3O5/c1-9(21)18-13-8-11(4-5-12(13)17)19-16(22)10-3-6-15(25-2)14(7-10)20(23)24/h3-8H,1-2H3,(H,18,21)(H,19,22). The Morgan fingerprint density at radius 2 is 1.88 bits per heavy atom. The monoisotopic (exact) mass is 347 g/mol. The molecule has 9 heteroatoms. The minimum Gasteiger partial charge on any atom is -0.490 e. The van der Waals surface area contributed by atoms with Gasteiger partial charge in [-0.1, -0.05) is 0 Å². The number of halogens is 1. The largest absolute Gasteiger partial charge is 0.490 e. The van der Waals surface area contributed by atoms with Crippen molar-refractivity contribution in [2.24, 2.45) is 0 Å². The molecule has 0 fully saturated rings. The van der Waals surface area contributed by atoms with Gasteiger partial charge in [0.2, 0.25) is 5.91 Å². The van der Waals surface area contributed by atoms with Crippen LogP contribution in [-0.4, -0.2) is 23.8 Å². The Balaban J connectivity index is 2.26. The Morgan fingerprint density at radius 1 is 1.16 bits per heavy atom. The number of rotatable bonds is 5. The fraction of sp³-hybridized carbons (Fsp3) is 0.125. The van der Waals surface area contributed by atoms with E-state index in [9.17, 15) is 24.1 Å². The molecule has 0 unspecified atom stereocenters. The van der Waals surface area contributed by atoms with Gasteiger partial charge in [-0.2, -0.15) is 0 Å². The number of hydrogen-bond donors (Lipinski definition) is 2. The average Bonchev–Trinajstić information content (AvgIpc) is 2.56. The van der Waals surface area contributed by atoms with E-state index in [1.165, 1.54) is 38.3 Å². The van der Waals surface area contributed by atoms with Crippen LogP contribution in [0.1, 0.15) is 17.3 Å². The van der Waals surface area contributed by atoms with Crippen molar-refractivity contribution in [1.29, 1.82) is 0 Å². The van der Waals surface area contributed by atoms with Crippen LogP contribution in [0.15, 0.2) is 36.4 Å². The van der Waals surface area contributed by atoms with E-state index < -0.39 is 22.6 Å². The SMILES string of the molecule is COc1ccc(C(=O)Nc2ccc(F)c(NC(C)=O)c2)cc1[N+](=O)[O-]. The average molecular weight is 347 g/mol. The molecule has 0 aliphatic heterocycles. The number of carbonyl (C=O) groups is 2. The van der Waals surface area contributed by atoms with Crippen molar-refractivity contribution in [2.45, 2.75) is 6.92 Å². The summed E-state index contributed by atoms with van der Waals surface area (Å²) in [6.07, 6.45) is 0. The summed E-state index contributed by atoms with van der Waals surface area (Å²) < 4.78 is 18.5. The third-order valence-electron chi connectivity index (χ3n) is 3.17. The Bertz CT molecular complexity index is 854. The summed E-state index contributed by atoms with van der Waals surface area (Å²) in [6, 6.07) is 7.37. The van der Waals surface area contributed by atoms with E-state index in [1.54, 1.807) is 0 Å². The van der Waals surface area contributed by atoms with Crippen LogP contribution in [0, 0.1) is 15.9 Å². The van der Waals surface area contributed by atoms with Crippen molar-refractivity contribution in [3.63, 3.8) is 0 Å². The second-order valence-corrected chi connectivity index (χ2v) is 4.97. The second kappa shape index (κ2) is 7.39. The molecular weight excluding hydrogens is 333 g/mol. The molecule has 8 nitrogen and oxygen atoms in total. The van der Waals surface area contributed by atoms with Gasteiger partial charge in [0.15, 0.2) is 5.75 Å². The lowest BCUT2D eigenvalue weighted by Crippen LogP contribution is -2.13. The molecule has 0 radical (unpaired) electrons. The van der Waals surface area contributed by atoms with Crippen molar-refractivity contribution >= 4 is 28.9 Å². The number of ether oxygens (including phenoxy) is 1. The zero-order valence-corrected chi connectivity index (χ0v) is 13.3. The van der Waals surface area contributed by atoms with Crippen molar-refractivity contribution in [3.8, 4) is 5.75 Å². The molecule has 0 bridgehead atoms. The van der Waals surface area contributed by atoms with Gasteiger partial charge in [-0.3, -0.25) is 19.7 Å². The molecule has 2 aromatic carbocycles. The van der Waals surface area contributed by atoms with E-state index in [1.807, 2.05) is 0 Å². The van der Waals surface area contributed by atoms with Crippen LogP contribution >= 0.6 is 0 Å². The normalized spacial score (nSPS) is 10.0. The Labute approximate surface area is 141 Å². The van der Waals surface area contributed by atoms with Gasteiger partial charge in [0, 0.05) is 24.2 Å². The number of hydrogen-bond acceptors (Lipinski definition) is 5. The summed E-state index contributed by atoms with van der Waals surface area (Å²) in [5, 5.41) is 15.8. The topological polar surface area (TPSA) is 111 Å². The van der Waals surface area contributed by atoms with Crippen LogP contribution in [0.4, 0.5) is 21.5 Å². The number of nitrogens with zero attached hydrogens (tertiary/aromatic N) is 1. The summed E-state index contributed by atoms with van der Waals surface area (Å²) in [7, 11) is 1.28. The molecule has 2 aromatic rings. The molecule has 0 heterocycles. The van der Waals surface area contributed by atoms with Crippen molar-refractivity contribution in [3.05, 3.63) is 57.9 Å². The highest BCUT2D eigenvalue weighted by Gasteiger charge is 2.18. The predicted molar refractivity (Wildman–Crippen MR) is 88.3 cm³/mol. The summed E-state index contributed by atoms with van der Waals surface area (Å²) in [6.45, 7) is 1.22. The lowest BCUT2D eigenvalue weighted by molar-refractivity contribution is -0.385. The number of amides is 2. The molecule has 2 N–H and O–H groups in total. The maximum atomic E-state index is 13.6. The molecule has 25 heavy (non-hydrogen) atoms. The van der Waals surface area contributed by atoms with Gasteiger partial charge in [0.25, 0.3) is 5.91 Å². The molecule has 2 rings (SSSR count). The molecule has 0 saturated heterocycles. The van der Waals surface area contributed by atoms with E-state index in [-0.39, 0.29) is 28.4 Å². The zero-order chi connectivity index (χ0) is 18.6. The molecule has 0 spiro atoms. The van der Waals surface area contributed by atoms with Crippen molar-refractivity contribution in [2.75, 3.05) is 17.7 Å². The molecule has 130 valence electrons. The van der Waals surface area contributed by atoms with Gasteiger partial charge in [-0.15, -0.1) is 0 Å². The third-order valence-corrected chi connectivity index (χ3v) is 3.17. The Hall–Kier alpha value is -3.49. The zero-order valence-electron chi connectivity index (χ0n) is 13.3. The number of carbonyl (C=O) groups excluding carboxylic acids is 2. The first-order chi connectivity index (χ1) is 11.8. The minimum atomic E-state index is -0.664. The van der Waals surface area contributed by atoms with Gasteiger partial charge >= 0.3 is 5.69 Å². The van der Waals surface area contributed by atoms with Gasteiger partial charge in [-0.05, 0) is 30.3 Å². The van der Waals surface area contributed by atoms with Gasteiger partial charge in [0.05, 0.1) is 17.7 Å². The number of methoxy groups -OCH3 is 1. The van der Waals surface area contributed by atoms with Crippen LogP contribution in [0.5, 0.6) is 5.75 Å². The van der Waals surface area contributed by atoms with Crippen molar-refractivity contribution < 1.29 is 23.6 Å². The van der Waals surface area contributed by atoms with Crippen LogP contribution in [0.3, 0.4) is 0 Å². The first-order valence-electron chi connectivity index (χ1n) is 7.02. The number of nitro groups is 1. The summed E-state index contributed by atoms with van der Waals surface area (Å²) in [4.78, 5) is 33.6. The first-order valence-corrected chi connectivity index (χ1v) is 7.02. The van der Waals surface area contributed by atoms with Crippen LogP contribution < -0.4 is 15.4 Å². The lowest BCUT2D eigenvalue weighted by atomic mass is 10.1. The number of nitrogens with one attached hydrogen (secondary N) is 2. The Morgan fingerprint density at radius 3 is 2.48 bits per heavy atom. The Kier molecular flexibility index (Phi) is 5.28. The highest BCUT2D eigenvalue weighted by molar-refractivity contribution is 6.05. The van der Waals surface area contributed by atoms with Gasteiger partial charge in [0.1, 0.15) is 5.82 Å². The highest BCUT2D eigenvalue weighted by atomic mass is 19.1. The first kappa shape index (κ1) is 17.9. The molecule has 0 aliphatic carbocycles. The van der Waals surface area contributed by atoms with Crippen LogP contribution in [0.25, 0.3) is 0 Å². The molecular formula is C16H14FN3O5. The number of anilines is 2. The molecule has 0 aliphatic rings. The molecule has 0 atom stereocenters. The number of benzene rings is 2. The summed E-state index contributed by atoms with van der Waals surface area (Å²) >= 11 is 0. The fourth-order valence-corrected chi connectivity index (χ4v) is 2.07. The van der Waals surface area contributed by atoms with E-state index in [0.717, 1.165) is 12.1 Å². The highest BCUT2D eigenvalue weighted by Crippen LogP contribution is 2.28. The van der Waals surface area contributed by atoms with Crippen LogP contribution in [0.2, 0.25) is 0 Å². The second-order valence-electron chi connectivity index (χ2n) is 4.97. The van der Waals surface area contributed by atoms with E-state index in [0.29, 0.717) is 0 Å². The maximum Gasteiger partial charge on any atom is 0.311 e. The number of nitro benzene ring substituents is 1. The predicted octanol–water partition coefficient (Wildman–Crippen LogP) is 2.95. The van der Waals surface area contributed by atoms with Crippen LogP contribution in [-0.2, 0) is 4.79 Å². The summed E-state index contributed by atoms with van der Waals surface area (Å²) in [5.74, 6) is -1.73. The fourth-order valence-electron chi connectivity index (χ4n) is 2.07. The van der Waals surface area contributed by atoms with Gasteiger partial charge < -0.3 is 15.4 Å². The molecule has 0 saturated carbocycles. The molecule has 0 aromatic heterocycles. The van der Waals surface area contributed by atoms with Crippen molar-refractivity contribution in [1.82, 2.24) is 0 Å². The minimum absolute atomic E-state index is 0.0243. The summed E-state index contributed by atoms with van der Waals surface area (Å²) in [5.41, 5.74) is -0.203. The van der Waals surface area contributed by atoms with E-state index in [4.69, 9.17) is 4.74 Å².